The first-order valence-electron chi connectivity index (χ1n) is 10.3. The van der Waals surface area contributed by atoms with Gasteiger partial charge in [0.2, 0.25) is 0 Å². The highest BCUT2D eigenvalue weighted by molar-refractivity contribution is 5.91. The van der Waals surface area contributed by atoms with Gasteiger partial charge in [0.1, 0.15) is 0 Å². The second-order valence-corrected chi connectivity index (χ2v) is 9.77. The highest BCUT2D eigenvalue weighted by atomic mass is 16.4. The van der Waals surface area contributed by atoms with Crippen LogP contribution in [0.5, 0.6) is 0 Å². The Hall–Kier alpha value is -1.12. The van der Waals surface area contributed by atoms with Crippen LogP contribution in [0.3, 0.4) is 0 Å². The van der Waals surface area contributed by atoms with Crippen molar-refractivity contribution in [2.75, 3.05) is 0 Å². The van der Waals surface area contributed by atoms with Gasteiger partial charge >= 0.3 is 5.97 Å². The Balaban J connectivity index is 1.57. The maximum absolute atomic E-state index is 11.9. The summed E-state index contributed by atoms with van der Waals surface area (Å²) in [5, 5.41) is 9.09. The van der Waals surface area contributed by atoms with E-state index in [0.717, 1.165) is 24.7 Å². The number of aliphatic carboxylic acids is 1. The second kappa shape index (κ2) is 5.96. The van der Waals surface area contributed by atoms with Crippen molar-refractivity contribution in [3.63, 3.8) is 0 Å². The van der Waals surface area contributed by atoms with Gasteiger partial charge in [0.05, 0.1) is 0 Å². The molecule has 0 bridgehead atoms. The molecular formula is C22H32O3. The number of allylic oxidation sites excluding steroid dienone is 2. The number of carboxylic acids is 1. The predicted molar refractivity (Wildman–Crippen MR) is 97.0 cm³/mol. The van der Waals surface area contributed by atoms with Gasteiger partial charge in [0.15, 0.2) is 5.78 Å². The molecule has 1 N–H and O–H groups in total. The van der Waals surface area contributed by atoms with E-state index in [9.17, 15) is 9.59 Å². The summed E-state index contributed by atoms with van der Waals surface area (Å²) >= 11 is 0. The minimum absolute atomic E-state index is 0.206. The Labute approximate surface area is 151 Å². The highest BCUT2D eigenvalue weighted by Gasteiger charge is 2.59. The average molecular weight is 344 g/mol. The number of hydrogen-bond donors (Lipinski definition) is 1. The summed E-state index contributed by atoms with van der Waals surface area (Å²) in [7, 11) is 0. The number of ketones is 1. The van der Waals surface area contributed by atoms with Gasteiger partial charge in [-0.3, -0.25) is 9.59 Å². The Kier molecular flexibility index (Phi) is 4.12. The number of carboxylic acid groups (broad SMARTS) is 1. The van der Waals surface area contributed by atoms with Crippen molar-refractivity contribution >= 4 is 11.8 Å². The summed E-state index contributed by atoms with van der Waals surface area (Å²) in [4.78, 5) is 22.9. The van der Waals surface area contributed by atoms with E-state index in [1.54, 1.807) is 0 Å². The van der Waals surface area contributed by atoms with Gasteiger partial charge in [-0.2, -0.15) is 0 Å². The molecule has 4 aliphatic rings. The van der Waals surface area contributed by atoms with Crippen molar-refractivity contribution in [3.8, 4) is 0 Å². The fraction of sp³-hybridized carbons (Fsp3) is 0.818. The van der Waals surface area contributed by atoms with Crippen molar-refractivity contribution in [1.29, 1.82) is 0 Å². The normalized spacial score (nSPS) is 48.6. The first kappa shape index (κ1) is 17.3. The maximum Gasteiger partial charge on any atom is 0.303 e. The Morgan fingerprint density at radius 2 is 1.96 bits per heavy atom. The van der Waals surface area contributed by atoms with Crippen molar-refractivity contribution in [3.05, 3.63) is 12.2 Å². The van der Waals surface area contributed by atoms with Crippen molar-refractivity contribution in [2.45, 2.75) is 71.6 Å². The molecule has 0 amide bonds. The Morgan fingerprint density at radius 1 is 1.16 bits per heavy atom. The van der Waals surface area contributed by atoms with Crippen LogP contribution in [0.2, 0.25) is 0 Å². The molecule has 0 aromatic heterocycles. The Bertz CT molecular complexity index is 608. The lowest BCUT2D eigenvalue weighted by Crippen LogP contribution is -2.52. The van der Waals surface area contributed by atoms with E-state index in [1.807, 2.05) is 6.08 Å². The molecule has 7 atom stereocenters. The highest BCUT2D eigenvalue weighted by Crippen LogP contribution is 2.66. The molecule has 25 heavy (non-hydrogen) atoms. The maximum atomic E-state index is 11.9. The summed E-state index contributed by atoms with van der Waals surface area (Å²) in [5.41, 5.74) is 0.547. The molecule has 0 aromatic carbocycles. The average Bonchev–Trinajstić information content (AvgIpc) is 2.90. The van der Waals surface area contributed by atoms with Gasteiger partial charge in [-0.1, -0.05) is 19.9 Å². The smallest absolute Gasteiger partial charge is 0.303 e. The van der Waals surface area contributed by atoms with Crippen LogP contribution < -0.4 is 0 Å². The quantitative estimate of drug-likeness (QED) is 0.796. The second-order valence-electron chi connectivity index (χ2n) is 9.77. The summed E-state index contributed by atoms with van der Waals surface area (Å²) in [5.74, 6) is 3.04. The lowest BCUT2D eigenvalue weighted by atomic mass is 9.46. The molecule has 0 unspecified atom stereocenters. The van der Waals surface area contributed by atoms with Crippen molar-refractivity contribution in [2.24, 2.45) is 40.4 Å². The summed E-state index contributed by atoms with van der Waals surface area (Å²) in [6, 6.07) is 0. The lowest BCUT2D eigenvalue weighted by Gasteiger charge is -2.59. The molecule has 3 nitrogen and oxygen atoms in total. The van der Waals surface area contributed by atoms with Gasteiger partial charge in [0.25, 0.3) is 0 Å². The molecule has 4 rings (SSSR count). The molecule has 4 aliphatic carbocycles. The molecule has 3 heteroatoms. The van der Waals surface area contributed by atoms with Crippen LogP contribution in [0.15, 0.2) is 12.2 Å². The fourth-order valence-corrected chi connectivity index (χ4v) is 7.52. The van der Waals surface area contributed by atoms with E-state index in [1.165, 1.54) is 38.5 Å². The van der Waals surface area contributed by atoms with E-state index >= 15 is 0 Å². The number of hydrogen-bond acceptors (Lipinski definition) is 2. The molecule has 138 valence electrons. The zero-order valence-electron chi connectivity index (χ0n) is 15.7. The zero-order valence-corrected chi connectivity index (χ0v) is 15.7. The van der Waals surface area contributed by atoms with Gasteiger partial charge in [-0.25, -0.2) is 0 Å². The molecular weight excluding hydrogens is 312 g/mol. The Morgan fingerprint density at radius 3 is 2.72 bits per heavy atom. The van der Waals surface area contributed by atoms with Crippen LogP contribution in [0.4, 0.5) is 0 Å². The minimum Gasteiger partial charge on any atom is -0.481 e. The third-order valence-electron chi connectivity index (χ3n) is 8.94. The SMILES string of the molecule is C[C@]12C=CC(=O)C[C@@H]1CC[C@@H]1[C@@H]2CC[C@]2(C)[C@@H](CCC(=O)O)CC[C@@H]12. The van der Waals surface area contributed by atoms with E-state index < -0.39 is 5.97 Å². The summed E-state index contributed by atoms with van der Waals surface area (Å²) < 4.78 is 0. The molecule has 3 saturated carbocycles. The van der Waals surface area contributed by atoms with Crippen LogP contribution in [0.1, 0.15) is 71.6 Å². The first-order valence-corrected chi connectivity index (χ1v) is 10.3. The number of fused-ring (bicyclic) bond motifs is 5. The lowest BCUT2D eigenvalue weighted by molar-refractivity contribution is -0.138. The van der Waals surface area contributed by atoms with E-state index in [2.05, 4.69) is 19.9 Å². The van der Waals surface area contributed by atoms with Gasteiger partial charge in [-0.05, 0) is 91.4 Å². The third kappa shape index (κ3) is 2.61. The number of carbonyl (C=O) groups is 2. The first-order chi connectivity index (χ1) is 11.8. The monoisotopic (exact) mass is 344 g/mol. The standard InChI is InChI=1S/C22H32O3/c1-21-12-10-19-17(18(21)7-4-14(21)5-8-20(24)25)6-3-15-13-16(23)9-11-22(15,19)2/h9,11,14-15,17-19H,3-8,10,12-13H2,1-2H3,(H,24,25)/t14-,15+,17+,18+,19+,21-,22+/m1/s1. The molecule has 0 radical (unpaired) electrons. The van der Waals surface area contributed by atoms with Crippen LogP contribution in [0.25, 0.3) is 0 Å². The minimum atomic E-state index is -0.647. The van der Waals surface area contributed by atoms with Gasteiger partial charge in [0, 0.05) is 12.8 Å². The number of carbonyl (C=O) groups excluding carboxylic acids is 1. The van der Waals surface area contributed by atoms with E-state index in [-0.39, 0.29) is 5.41 Å². The van der Waals surface area contributed by atoms with Crippen molar-refractivity contribution in [1.82, 2.24) is 0 Å². The van der Waals surface area contributed by atoms with Crippen LogP contribution in [-0.2, 0) is 9.59 Å². The van der Waals surface area contributed by atoms with Gasteiger partial charge < -0.3 is 5.11 Å². The molecule has 3 fully saturated rings. The summed E-state index contributed by atoms with van der Waals surface area (Å²) in [6.07, 6.45) is 13.5. The van der Waals surface area contributed by atoms with Crippen molar-refractivity contribution < 1.29 is 14.7 Å². The van der Waals surface area contributed by atoms with E-state index in [4.69, 9.17) is 5.11 Å². The molecule has 0 heterocycles. The molecule has 0 aliphatic heterocycles. The summed E-state index contributed by atoms with van der Waals surface area (Å²) in [6.45, 7) is 4.87. The topological polar surface area (TPSA) is 54.4 Å². The van der Waals surface area contributed by atoms with Crippen LogP contribution in [0, 0.1) is 40.4 Å². The zero-order chi connectivity index (χ0) is 17.8. The van der Waals surface area contributed by atoms with Gasteiger partial charge in [-0.15, -0.1) is 0 Å². The third-order valence-corrected chi connectivity index (χ3v) is 8.94. The van der Waals surface area contributed by atoms with E-state index in [0.29, 0.717) is 35.4 Å². The molecule has 0 spiro atoms. The fourth-order valence-electron chi connectivity index (χ4n) is 7.52. The predicted octanol–water partition coefficient (Wildman–Crippen LogP) is 4.86. The van der Waals surface area contributed by atoms with Crippen LogP contribution in [-0.4, -0.2) is 16.9 Å². The largest absolute Gasteiger partial charge is 0.481 e. The molecule has 0 saturated heterocycles. The van der Waals surface area contributed by atoms with Crippen LogP contribution >= 0.6 is 0 Å². The number of rotatable bonds is 3. The molecule has 0 aromatic rings.